The number of halogens is 3. The van der Waals surface area contributed by atoms with E-state index in [1.54, 1.807) is 6.42 Å². The summed E-state index contributed by atoms with van der Waals surface area (Å²) >= 11 is 0. The van der Waals surface area contributed by atoms with Gasteiger partial charge < -0.3 is 5.32 Å². The molecule has 1 N–H and O–H groups in total. The standard InChI is InChI=1S/C7H11F3N/c8-7(9,10)6-3-1-2-4-11-5-6/h1,6,11H,2-5H2. The van der Waals surface area contributed by atoms with Crippen LogP contribution in [0.1, 0.15) is 12.8 Å². The Hall–Kier alpha value is -0.250. The van der Waals surface area contributed by atoms with Gasteiger partial charge in [-0.05, 0) is 25.8 Å². The Morgan fingerprint density at radius 1 is 1.36 bits per heavy atom. The van der Waals surface area contributed by atoms with Crippen LogP contribution in [0.15, 0.2) is 0 Å². The highest BCUT2D eigenvalue weighted by Gasteiger charge is 2.39. The molecule has 1 unspecified atom stereocenters. The number of hydrogen-bond donors (Lipinski definition) is 1. The highest BCUT2D eigenvalue weighted by atomic mass is 19.4. The van der Waals surface area contributed by atoms with Crippen LogP contribution in [-0.2, 0) is 0 Å². The van der Waals surface area contributed by atoms with Crippen molar-refractivity contribution in [3.63, 3.8) is 0 Å². The zero-order chi connectivity index (χ0) is 8.32. The van der Waals surface area contributed by atoms with Crippen molar-refractivity contribution in [2.45, 2.75) is 19.0 Å². The Morgan fingerprint density at radius 3 is 2.73 bits per heavy atom. The van der Waals surface area contributed by atoms with Crippen LogP contribution < -0.4 is 5.32 Å². The van der Waals surface area contributed by atoms with Crippen molar-refractivity contribution in [2.75, 3.05) is 13.1 Å². The topological polar surface area (TPSA) is 12.0 Å². The predicted molar refractivity (Wildman–Crippen MR) is 35.9 cm³/mol. The molecule has 1 saturated heterocycles. The number of nitrogens with one attached hydrogen (secondary N) is 1. The minimum atomic E-state index is -4.03. The summed E-state index contributed by atoms with van der Waals surface area (Å²) < 4.78 is 36.2. The third kappa shape index (κ3) is 2.69. The van der Waals surface area contributed by atoms with Crippen molar-refractivity contribution in [1.82, 2.24) is 5.32 Å². The van der Waals surface area contributed by atoms with E-state index in [1.807, 2.05) is 0 Å². The summed E-state index contributed by atoms with van der Waals surface area (Å²) in [7, 11) is 0. The molecule has 0 aromatic carbocycles. The average Bonchev–Trinajstić information content (AvgIpc) is 2.10. The van der Waals surface area contributed by atoms with Crippen LogP contribution >= 0.6 is 0 Å². The van der Waals surface area contributed by atoms with E-state index in [0.717, 1.165) is 6.42 Å². The molecule has 1 aliphatic heterocycles. The average molecular weight is 166 g/mol. The van der Waals surface area contributed by atoms with Gasteiger partial charge >= 0.3 is 6.18 Å². The normalized spacial score (nSPS) is 28.1. The van der Waals surface area contributed by atoms with E-state index in [0.29, 0.717) is 6.54 Å². The summed E-state index contributed by atoms with van der Waals surface area (Å²) in [6.07, 6.45) is -1.42. The van der Waals surface area contributed by atoms with Crippen LogP contribution in [0, 0.1) is 12.3 Å². The van der Waals surface area contributed by atoms with Gasteiger partial charge in [0.2, 0.25) is 0 Å². The minimum Gasteiger partial charge on any atom is -0.316 e. The lowest BCUT2D eigenvalue weighted by molar-refractivity contribution is -0.172. The Morgan fingerprint density at radius 2 is 2.09 bits per heavy atom. The smallest absolute Gasteiger partial charge is 0.316 e. The van der Waals surface area contributed by atoms with Gasteiger partial charge in [-0.3, -0.25) is 0 Å². The monoisotopic (exact) mass is 166 g/mol. The molecule has 1 nitrogen and oxygen atoms in total. The number of rotatable bonds is 0. The largest absolute Gasteiger partial charge is 0.393 e. The van der Waals surface area contributed by atoms with Gasteiger partial charge in [0.05, 0.1) is 5.92 Å². The molecule has 1 aliphatic rings. The van der Waals surface area contributed by atoms with E-state index >= 15 is 0 Å². The van der Waals surface area contributed by atoms with Gasteiger partial charge in [0.15, 0.2) is 0 Å². The van der Waals surface area contributed by atoms with Crippen molar-refractivity contribution in [3.8, 4) is 0 Å². The fraction of sp³-hybridized carbons (Fsp3) is 0.857. The van der Waals surface area contributed by atoms with Crippen LogP contribution in [0.5, 0.6) is 0 Å². The zero-order valence-corrected chi connectivity index (χ0v) is 6.12. The third-order valence-electron chi connectivity index (χ3n) is 1.83. The molecule has 0 aromatic heterocycles. The fourth-order valence-electron chi connectivity index (χ4n) is 1.13. The number of hydrogen-bond acceptors (Lipinski definition) is 1. The molecule has 1 fully saturated rings. The molecule has 1 atom stereocenters. The lowest BCUT2D eigenvalue weighted by Crippen LogP contribution is -2.31. The van der Waals surface area contributed by atoms with Crippen molar-refractivity contribution in [2.24, 2.45) is 5.92 Å². The number of alkyl halides is 3. The van der Waals surface area contributed by atoms with E-state index in [9.17, 15) is 13.2 Å². The third-order valence-corrected chi connectivity index (χ3v) is 1.83. The van der Waals surface area contributed by atoms with Gasteiger partial charge in [-0.2, -0.15) is 13.2 Å². The molecule has 0 aromatic rings. The van der Waals surface area contributed by atoms with E-state index in [2.05, 4.69) is 5.32 Å². The predicted octanol–water partition coefficient (Wildman–Crippen LogP) is 1.75. The molecule has 1 rings (SSSR count). The van der Waals surface area contributed by atoms with Crippen LogP contribution in [0.3, 0.4) is 0 Å². The molecule has 0 aliphatic carbocycles. The minimum absolute atomic E-state index is 0.0694. The first-order chi connectivity index (χ1) is 5.11. The molecular formula is C7H11F3N. The molecule has 0 bridgehead atoms. The summed E-state index contributed by atoms with van der Waals surface area (Å²) in [6, 6.07) is 0. The molecule has 0 saturated carbocycles. The molecule has 11 heavy (non-hydrogen) atoms. The Kier molecular flexibility index (Phi) is 2.76. The highest BCUT2D eigenvalue weighted by molar-refractivity contribution is 4.81. The van der Waals surface area contributed by atoms with Gasteiger partial charge in [-0.15, -0.1) is 0 Å². The Bertz CT molecular complexity index is 113. The molecule has 0 spiro atoms. The maximum atomic E-state index is 12.1. The lowest BCUT2D eigenvalue weighted by Gasteiger charge is -2.17. The van der Waals surface area contributed by atoms with Crippen molar-refractivity contribution >= 4 is 0 Å². The van der Waals surface area contributed by atoms with Crippen LogP contribution in [0.4, 0.5) is 13.2 Å². The summed E-state index contributed by atoms with van der Waals surface area (Å²) in [6.45, 7) is 0.743. The molecule has 65 valence electrons. The first-order valence-electron chi connectivity index (χ1n) is 3.70. The van der Waals surface area contributed by atoms with E-state index < -0.39 is 12.1 Å². The first kappa shape index (κ1) is 8.84. The molecule has 1 radical (unpaired) electrons. The molecular weight excluding hydrogens is 155 g/mol. The van der Waals surface area contributed by atoms with E-state index in [1.165, 1.54) is 0 Å². The van der Waals surface area contributed by atoms with Crippen molar-refractivity contribution < 1.29 is 13.2 Å². The lowest BCUT2D eigenvalue weighted by atomic mass is 10.0. The van der Waals surface area contributed by atoms with Crippen molar-refractivity contribution in [1.29, 1.82) is 0 Å². The Labute approximate surface area is 64.0 Å². The second kappa shape index (κ2) is 3.43. The summed E-state index contributed by atoms with van der Waals surface area (Å²) in [4.78, 5) is 0. The fourth-order valence-corrected chi connectivity index (χ4v) is 1.13. The molecule has 0 amide bonds. The van der Waals surface area contributed by atoms with Gasteiger partial charge in [-0.1, -0.05) is 0 Å². The molecule has 4 heteroatoms. The first-order valence-corrected chi connectivity index (χ1v) is 3.70. The van der Waals surface area contributed by atoms with Crippen LogP contribution in [0.25, 0.3) is 0 Å². The SMILES string of the molecule is FC(F)(F)C1C[CH]CCNC1. The van der Waals surface area contributed by atoms with Crippen molar-refractivity contribution in [3.05, 3.63) is 6.42 Å². The quantitative estimate of drug-likeness (QED) is 0.578. The molecule has 1 heterocycles. The second-order valence-electron chi connectivity index (χ2n) is 2.76. The van der Waals surface area contributed by atoms with Gasteiger partial charge in [0.25, 0.3) is 0 Å². The van der Waals surface area contributed by atoms with E-state index in [4.69, 9.17) is 0 Å². The summed E-state index contributed by atoms with van der Waals surface area (Å²) in [5.74, 6) is -1.18. The van der Waals surface area contributed by atoms with E-state index in [-0.39, 0.29) is 13.0 Å². The van der Waals surface area contributed by atoms with Gasteiger partial charge in [-0.25, -0.2) is 0 Å². The maximum Gasteiger partial charge on any atom is 0.393 e. The van der Waals surface area contributed by atoms with Crippen LogP contribution in [-0.4, -0.2) is 19.3 Å². The van der Waals surface area contributed by atoms with Gasteiger partial charge in [0, 0.05) is 6.54 Å². The van der Waals surface area contributed by atoms with Gasteiger partial charge in [0.1, 0.15) is 0 Å². The summed E-state index contributed by atoms with van der Waals surface area (Å²) in [5.41, 5.74) is 0. The second-order valence-corrected chi connectivity index (χ2v) is 2.76. The maximum absolute atomic E-state index is 12.1. The highest BCUT2D eigenvalue weighted by Crippen LogP contribution is 2.30. The Balaban J connectivity index is 2.43. The van der Waals surface area contributed by atoms with Crippen LogP contribution in [0.2, 0.25) is 0 Å². The zero-order valence-electron chi connectivity index (χ0n) is 6.12. The summed E-state index contributed by atoms with van der Waals surface area (Å²) in [5, 5.41) is 2.75.